The molecule has 1 aromatic carbocycles. The van der Waals surface area contributed by atoms with Gasteiger partial charge in [-0.1, -0.05) is 69.7 Å². The van der Waals surface area contributed by atoms with E-state index < -0.39 is 0 Å². The zero-order valence-electron chi connectivity index (χ0n) is 20.2. The normalized spacial score (nSPS) is 14.2. The molecular weight excluding hydrogens is 416 g/mol. The molecule has 6 nitrogen and oxygen atoms in total. The van der Waals surface area contributed by atoms with E-state index in [0.717, 1.165) is 28.7 Å². The molecule has 176 valence electrons. The van der Waals surface area contributed by atoms with Crippen molar-refractivity contribution in [2.24, 2.45) is 7.05 Å². The summed E-state index contributed by atoms with van der Waals surface area (Å²) >= 11 is 1.61. The van der Waals surface area contributed by atoms with Gasteiger partial charge in [-0.15, -0.1) is 0 Å². The summed E-state index contributed by atoms with van der Waals surface area (Å²) in [6.07, 6.45) is 14.4. The minimum atomic E-state index is 0.517. The van der Waals surface area contributed by atoms with Crippen LogP contribution in [0, 0.1) is 0 Å². The topological polar surface area (TPSA) is 80.8 Å². The van der Waals surface area contributed by atoms with Gasteiger partial charge in [0, 0.05) is 25.4 Å². The van der Waals surface area contributed by atoms with Crippen molar-refractivity contribution >= 4 is 28.8 Å². The molecule has 32 heavy (non-hydrogen) atoms. The molecule has 4 N–H and O–H groups in total. The number of nitrogens with zero attached hydrogens (tertiary/aromatic N) is 3. The summed E-state index contributed by atoms with van der Waals surface area (Å²) in [6.45, 7) is 7.33. The Morgan fingerprint density at radius 1 is 1.06 bits per heavy atom. The van der Waals surface area contributed by atoms with Crippen molar-refractivity contribution in [3.05, 3.63) is 42.4 Å². The maximum Gasteiger partial charge on any atom is 0.145 e. The van der Waals surface area contributed by atoms with Crippen LogP contribution in [0.3, 0.4) is 0 Å². The van der Waals surface area contributed by atoms with E-state index in [1.807, 2.05) is 31.7 Å². The molecule has 0 unspecified atom stereocenters. The lowest BCUT2D eigenvalue weighted by Gasteiger charge is -2.05. The van der Waals surface area contributed by atoms with E-state index in [1.165, 1.54) is 63.5 Å². The van der Waals surface area contributed by atoms with Gasteiger partial charge in [0.05, 0.1) is 5.39 Å². The second-order valence-electron chi connectivity index (χ2n) is 7.71. The molecule has 0 spiro atoms. The SMILES string of the molecule is C1CCC1.C1CCNC1.CC.CSNCc1cccc(-c2cn(C)c3ncnc(N)c23)c1. The van der Waals surface area contributed by atoms with Crippen LogP contribution < -0.4 is 15.8 Å². The zero-order chi connectivity index (χ0) is 23.2. The van der Waals surface area contributed by atoms with E-state index in [4.69, 9.17) is 5.73 Å². The maximum absolute atomic E-state index is 6.05. The lowest BCUT2D eigenvalue weighted by molar-refractivity contribution is 0.504. The van der Waals surface area contributed by atoms with Gasteiger partial charge in [0.15, 0.2) is 0 Å². The van der Waals surface area contributed by atoms with E-state index >= 15 is 0 Å². The second-order valence-corrected chi connectivity index (χ2v) is 8.41. The van der Waals surface area contributed by atoms with Crippen LogP contribution in [0.5, 0.6) is 0 Å². The van der Waals surface area contributed by atoms with Crippen LogP contribution in [0.2, 0.25) is 0 Å². The quantitative estimate of drug-likeness (QED) is 0.447. The van der Waals surface area contributed by atoms with Gasteiger partial charge < -0.3 is 15.6 Å². The van der Waals surface area contributed by atoms with Crippen molar-refractivity contribution in [1.29, 1.82) is 0 Å². The van der Waals surface area contributed by atoms with Gasteiger partial charge in [-0.25, -0.2) is 9.97 Å². The molecule has 3 heterocycles. The van der Waals surface area contributed by atoms with Crippen LogP contribution in [0.4, 0.5) is 5.82 Å². The number of nitrogens with two attached hydrogens (primary N) is 1. The van der Waals surface area contributed by atoms with Gasteiger partial charge in [-0.05, 0) is 49.4 Å². The van der Waals surface area contributed by atoms with E-state index in [-0.39, 0.29) is 0 Å². The number of aryl methyl sites for hydroxylation is 1. The van der Waals surface area contributed by atoms with Gasteiger partial charge in [0.1, 0.15) is 17.8 Å². The van der Waals surface area contributed by atoms with Crippen molar-refractivity contribution in [2.75, 3.05) is 25.1 Å². The Morgan fingerprint density at radius 3 is 2.31 bits per heavy atom. The largest absolute Gasteiger partial charge is 0.383 e. The number of anilines is 1. The highest BCUT2D eigenvalue weighted by Gasteiger charge is 2.13. The molecule has 3 aromatic rings. The molecule has 7 heteroatoms. The number of benzene rings is 1. The van der Waals surface area contributed by atoms with Crippen LogP contribution in [0.25, 0.3) is 22.2 Å². The third kappa shape index (κ3) is 7.80. The first-order valence-electron chi connectivity index (χ1n) is 11.8. The van der Waals surface area contributed by atoms with Crippen molar-refractivity contribution < 1.29 is 0 Å². The molecule has 0 radical (unpaired) electrons. The van der Waals surface area contributed by atoms with Crippen molar-refractivity contribution in [3.8, 4) is 11.1 Å². The van der Waals surface area contributed by atoms with Crippen LogP contribution in [0.1, 0.15) is 57.9 Å². The third-order valence-corrected chi connectivity index (χ3v) is 5.83. The molecule has 1 saturated carbocycles. The zero-order valence-corrected chi connectivity index (χ0v) is 21.0. The Kier molecular flexibility index (Phi) is 12.2. The van der Waals surface area contributed by atoms with Crippen LogP contribution in [-0.2, 0) is 13.6 Å². The second kappa shape index (κ2) is 14.9. The molecule has 5 rings (SSSR count). The summed E-state index contributed by atoms with van der Waals surface area (Å²) in [5, 5.41) is 4.13. The fraction of sp³-hybridized carbons (Fsp3) is 0.520. The lowest BCUT2D eigenvalue weighted by atomic mass is 10.0. The Balaban J connectivity index is 0.000000270. The average molecular weight is 457 g/mol. The maximum atomic E-state index is 6.05. The van der Waals surface area contributed by atoms with Crippen molar-refractivity contribution in [1.82, 2.24) is 24.6 Å². The van der Waals surface area contributed by atoms with Crippen molar-refractivity contribution in [3.63, 3.8) is 0 Å². The highest BCUT2D eigenvalue weighted by Crippen LogP contribution is 2.32. The first kappa shape index (κ1) is 26.2. The molecule has 0 amide bonds. The summed E-state index contributed by atoms with van der Waals surface area (Å²) in [5.41, 5.74) is 10.3. The number of nitrogens with one attached hydrogen (secondary N) is 2. The third-order valence-electron chi connectivity index (χ3n) is 5.40. The molecule has 0 bridgehead atoms. The van der Waals surface area contributed by atoms with Crippen LogP contribution in [-0.4, -0.2) is 33.9 Å². The van der Waals surface area contributed by atoms with E-state index in [1.54, 1.807) is 11.9 Å². The molecule has 2 fully saturated rings. The average Bonchev–Trinajstić information content (AvgIpc) is 3.46. The van der Waals surface area contributed by atoms with E-state index in [2.05, 4.69) is 50.5 Å². The summed E-state index contributed by atoms with van der Waals surface area (Å²) in [6, 6.07) is 8.43. The summed E-state index contributed by atoms with van der Waals surface area (Å²) < 4.78 is 5.24. The first-order valence-corrected chi connectivity index (χ1v) is 13.0. The number of hydrogen-bond acceptors (Lipinski definition) is 6. The predicted octanol–water partition coefficient (Wildman–Crippen LogP) is 5.54. The minimum absolute atomic E-state index is 0.517. The monoisotopic (exact) mass is 456 g/mol. The standard InChI is InChI=1S/C15H17N5S.C4H9N.C4H8.C2H6/c1-20-8-12(13-14(16)17-9-18-15(13)20)11-5-3-4-10(6-11)7-19-21-2;1-2-4-5-3-1;1-2-4-3-1;1-2/h3-6,8-9,19H,7H2,1-2H3,(H2,16,17,18);5H,1-4H2;1-4H2;1-2H3. The highest BCUT2D eigenvalue weighted by molar-refractivity contribution is 7.96. The highest BCUT2D eigenvalue weighted by atomic mass is 32.2. The minimum Gasteiger partial charge on any atom is -0.383 e. The molecule has 0 atom stereocenters. The number of fused-ring (bicyclic) bond motifs is 1. The van der Waals surface area contributed by atoms with Gasteiger partial charge in [-0.2, -0.15) is 0 Å². The Morgan fingerprint density at radius 2 is 1.75 bits per heavy atom. The van der Waals surface area contributed by atoms with Crippen LogP contribution >= 0.6 is 11.9 Å². The summed E-state index contributed by atoms with van der Waals surface area (Å²) in [5.74, 6) is 0.517. The molecule has 1 aliphatic heterocycles. The number of aromatic nitrogens is 3. The fourth-order valence-electron chi connectivity index (χ4n) is 3.33. The van der Waals surface area contributed by atoms with Gasteiger partial charge >= 0.3 is 0 Å². The first-order chi connectivity index (χ1) is 15.7. The summed E-state index contributed by atoms with van der Waals surface area (Å²) in [4.78, 5) is 8.43. The van der Waals surface area contributed by atoms with Crippen molar-refractivity contribution in [2.45, 2.75) is 58.9 Å². The number of rotatable bonds is 4. The summed E-state index contributed by atoms with van der Waals surface area (Å²) in [7, 11) is 1.97. The van der Waals surface area contributed by atoms with E-state index in [0.29, 0.717) is 5.82 Å². The predicted molar refractivity (Wildman–Crippen MR) is 141 cm³/mol. The smallest absolute Gasteiger partial charge is 0.145 e. The van der Waals surface area contributed by atoms with E-state index in [9.17, 15) is 0 Å². The van der Waals surface area contributed by atoms with Gasteiger partial charge in [0.2, 0.25) is 0 Å². The molecule has 2 aromatic heterocycles. The Labute approximate surface area is 197 Å². The van der Waals surface area contributed by atoms with Gasteiger partial charge in [-0.3, -0.25) is 4.72 Å². The molecule has 1 aliphatic carbocycles. The van der Waals surface area contributed by atoms with Crippen LogP contribution in [0.15, 0.2) is 36.8 Å². The van der Waals surface area contributed by atoms with Gasteiger partial charge in [0.25, 0.3) is 0 Å². The fourth-order valence-corrected chi connectivity index (χ4v) is 3.64. The number of nitrogen functional groups attached to an aromatic ring is 1. The Hall–Kier alpha value is -2.09. The molecule has 1 saturated heterocycles. The Bertz CT molecular complexity index is 904. The number of hydrogen-bond donors (Lipinski definition) is 3. The lowest BCUT2D eigenvalue weighted by Crippen LogP contribution is -2.03. The molecular formula is C25H40N6S. The molecule has 2 aliphatic rings.